The van der Waals surface area contributed by atoms with Gasteiger partial charge in [-0.15, -0.1) is 0 Å². The molecule has 0 saturated heterocycles. The first-order valence-corrected chi connectivity index (χ1v) is 10.3. The van der Waals surface area contributed by atoms with E-state index in [2.05, 4.69) is 26.1 Å². The highest BCUT2D eigenvalue weighted by atomic mass is 16.3. The first-order chi connectivity index (χ1) is 14.3. The minimum absolute atomic E-state index is 0.102. The number of carbonyl (C=O) groups excluding carboxylic acids is 1. The van der Waals surface area contributed by atoms with Gasteiger partial charge in [0, 0.05) is 25.0 Å². The third-order valence-electron chi connectivity index (χ3n) is 5.56. The number of amides is 1. The van der Waals surface area contributed by atoms with Crippen molar-refractivity contribution in [3.63, 3.8) is 0 Å². The summed E-state index contributed by atoms with van der Waals surface area (Å²) in [5, 5.41) is 14.3. The zero-order valence-corrected chi connectivity index (χ0v) is 19.3. The number of aromatic nitrogens is 1. The van der Waals surface area contributed by atoms with Crippen LogP contribution in [-0.2, 0) is 10.8 Å². The van der Waals surface area contributed by atoms with E-state index in [9.17, 15) is 14.7 Å². The summed E-state index contributed by atoms with van der Waals surface area (Å²) in [7, 11) is 1.72. The van der Waals surface area contributed by atoms with Crippen LogP contribution in [0, 0.1) is 0 Å². The second-order valence-electron chi connectivity index (χ2n) is 9.94. The molecular weight excluding hydrogens is 390 g/mol. The number of nitrogens with one attached hydrogen (secondary N) is 1. The van der Waals surface area contributed by atoms with Crippen LogP contribution in [0.1, 0.15) is 63.0 Å². The van der Waals surface area contributed by atoms with Crippen molar-refractivity contribution in [2.75, 3.05) is 12.4 Å². The minimum Gasteiger partial charge on any atom is -0.508 e. The Bertz CT molecular complexity index is 1240. The van der Waals surface area contributed by atoms with Crippen molar-refractivity contribution in [1.29, 1.82) is 0 Å². The molecule has 0 fully saturated rings. The topological polar surface area (TPSA) is 97.4 Å². The van der Waals surface area contributed by atoms with Crippen LogP contribution in [-0.4, -0.2) is 22.6 Å². The lowest BCUT2D eigenvalue weighted by atomic mass is 9.79. The number of benzene rings is 2. The molecule has 0 saturated carbocycles. The van der Waals surface area contributed by atoms with Gasteiger partial charge < -0.3 is 20.7 Å². The molecule has 1 aromatic heterocycles. The van der Waals surface area contributed by atoms with Crippen LogP contribution in [0.15, 0.2) is 41.3 Å². The van der Waals surface area contributed by atoms with Gasteiger partial charge in [-0.25, -0.2) is 0 Å². The summed E-state index contributed by atoms with van der Waals surface area (Å²) in [5.41, 5.74) is 8.23. The molecule has 3 aromatic rings. The Hall–Kier alpha value is -3.28. The fourth-order valence-electron chi connectivity index (χ4n) is 3.93. The predicted octanol–water partition coefficient (Wildman–Crippen LogP) is 4.43. The monoisotopic (exact) mass is 421 g/mol. The molecule has 6 heteroatoms. The Labute approximate surface area is 182 Å². The number of rotatable bonds is 3. The fraction of sp³-hybridized carbons (Fsp3) is 0.360. The van der Waals surface area contributed by atoms with E-state index in [0.717, 1.165) is 11.1 Å². The minimum atomic E-state index is -0.792. The van der Waals surface area contributed by atoms with Crippen molar-refractivity contribution in [2.45, 2.75) is 52.4 Å². The molecular formula is C25H31N3O3. The molecule has 3 rings (SSSR count). The Morgan fingerprint density at radius 1 is 1.03 bits per heavy atom. The van der Waals surface area contributed by atoms with Crippen molar-refractivity contribution in [2.24, 2.45) is 5.73 Å². The van der Waals surface area contributed by atoms with Crippen LogP contribution in [0.25, 0.3) is 16.6 Å². The summed E-state index contributed by atoms with van der Waals surface area (Å²) in [6, 6.07) is 9.17. The maximum Gasteiger partial charge on any atom is 0.254 e. The molecule has 0 aliphatic rings. The molecule has 31 heavy (non-hydrogen) atoms. The van der Waals surface area contributed by atoms with Crippen LogP contribution < -0.4 is 16.5 Å². The van der Waals surface area contributed by atoms with E-state index in [4.69, 9.17) is 5.73 Å². The van der Waals surface area contributed by atoms with Gasteiger partial charge in [0.25, 0.3) is 5.91 Å². The number of pyridine rings is 1. The molecule has 0 bridgehead atoms. The maximum absolute atomic E-state index is 13.1. The van der Waals surface area contributed by atoms with Crippen LogP contribution in [0.3, 0.4) is 0 Å². The molecule has 6 nitrogen and oxygen atoms in total. The van der Waals surface area contributed by atoms with Gasteiger partial charge in [-0.2, -0.15) is 0 Å². The molecule has 0 spiro atoms. The summed E-state index contributed by atoms with van der Waals surface area (Å²) >= 11 is 0. The maximum atomic E-state index is 13.1. The first kappa shape index (κ1) is 22.4. The van der Waals surface area contributed by atoms with Crippen LogP contribution in [0.5, 0.6) is 5.75 Å². The number of hydrogen-bond acceptors (Lipinski definition) is 4. The Morgan fingerprint density at radius 2 is 1.65 bits per heavy atom. The number of nitrogens with two attached hydrogens (primary N) is 1. The lowest BCUT2D eigenvalue weighted by Crippen LogP contribution is -2.25. The number of phenolic OH excluding ortho intramolecular Hbond substituents is 1. The van der Waals surface area contributed by atoms with Gasteiger partial charge in [0.05, 0.1) is 16.6 Å². The van der Waals surface area contributed by atoms with Crippen LogP contribution in [0.2, 0.25) is 0 Å². The summed E-state index contributed by atoms with van der Waals surface area (Å²) in [6.45, 7) is 12.4. The molecule has 0 radical (unpaired) electrons. The van der Waals surface area contributed by atoms with Crippen molar-refractivity contribution in [3.8, 4) is 11.4 Å². The third kappa shape index (κ3) is 3.90. The largest absolute Gasteiger partial charge is 0.508 e. The molecule has 4 N–H and O–H groups in total. The Kier molecular flexibility index (Phi) is 5.38. The molecule has 0 aliphatic heterocycles. The second kappa shape index (κ2) is 7.45. The van der Waals surface area contributed by atoms with Gasteiger partial charge >= 0.3 is 0 Å². The quantitative estimate of drug-likeness (QED) is 0.583. The van der Waals surface area contributed by atoms with Gasteiger partial charge in [0.2, 0.25) is 5.43 Å². The van der Waals surface area contributed by atoms with Crippen molar-refractivity contribution in [3.05, 3.63) is 63.4 Å². The lowest BCUT2D eigenvalue weighted by Gasteiger charge is -2.29. The van der Waals surface area contributed by atoms with Gasteiger partial charge in [-0.3, -0.25) is 9.59 Å². The number of fused-ring (bicyclic) bond motifs is 1. The number of hydrogen-bond donors (Lipinski definition) is 3. The summed E-state index contributed by atoms with van der Waals surface area (Å²) in [6.07, 6.45) is 1.48. The molecule has 1 amide bonds. The number of carbonyl (C=O) groups is 1. The number of aromatic hydroxyl groups is 1. The summed E-state index contributed by atoms with van der Waals surface area (Å²) < 4.78 is 1.78. The second-order valence-corrected chi connectivity index (χ2v) is 9.94. The first-order valence-electron chi connectivity index (χ1n) is 10.3. The Morgan fingerprint density at radius 3 is 2.16 bits per heavy atom. The van der Waals surface area contributed by atoms with Crippen LogP contribution in [0.4, 0.5) is 5.69 Å². The van der Waals surface area contributed by atoms with E-state index in [-0.39, 0.29) is 22.1 Å². The summed E-state index contributed by atoms with van der Waals surface area (Å²) in [4.78, 5) is 25.2. The van der Waals surface area contributed by atoms with E-state index in [1.165, 1.54) is 6.20 Å². The molecule has 2 aromatic carbocycles. The highest BCUT2D eigenvalue weighted by Gasteiger charge is 2.27. The van der Waals surface area contributed by atoms with E-state index in [1.807, 2.05) is 39.0 Å². The van der Waals surface area contributed by atoms with Gasteiger partial charge in [-0.1, -0.05) is 47.6 Å². The number of primary amides is 1. The normalized spacial score (nSPS) is 12.2. The lowest BCUT2D eigenvalue weighted by molar-refractivity contribution is 0.0999. The van der Waals surface area contributed by atoms with Crippen LogP contribution >= 0.6 is 0 Å². The van der Waals surface area contributed by atoms with Gasteiger partial charge in [0.1, 0.15) is 11.3 Å². The van der Waals surface area contributed by atoms with E-state index >= 15 is 0 Å². The number of nitrogens with zero attached hydrogens (tertiary/aromatic N) is 1. The van der Waals surface area contributed by atoms with E-state index < -0.39 is 11.3 Å². The van der Waals surface area contributed by atoms with Gasteiger partial charge in [0.15, 0.2) is 0 Å². The molecule has 0 unspecified atom stereocenters. The number of anilines is 1. The molecule has 0 aliphatic carbocycles. The third-order valence-corrected chi connectivity index (χ3v) is 5.56. The SMILES string of the molecule is CNc1cccc2c1c(=O)c(C(N)=O)cn2-c1cc(O)c(C(C)(C)C)cc1C(C)(C)C. The molecule has 164 valence electrons. The smallest absolute Gasteiger partial charge is 0.254 e. The van der Waals surface area contributed by atoms with Crippen molar-refractivity contribution < 1.29 is 9.90 Å². The zero-order valence-electron chi connectivity index (χ0n) is 19.3. The summed E-state index contributed by atoms with van der Waals surface area (Å²) in [5.74, 6) is -0.632. The fourth-order valence-corrected chi connectivity index (χ4v) is 3.93. The standard InChI is InChI=1S/C25H31N3O3/c1-24(2,3)15-11-16(25(4,5)6)20(29)12-19(15)28-13-14(23(26)31)22(30)21-17(27-7)9-8-10-18(21)28/h8-13,27,29H,1-7H3,(H2,26,31). The number of phenols is 1. The van der Waals surface area contributed by atoms with Crippen molar-refractivity contribution >= 4 is 22.5 Å². The highest BCUT2D eigenvalue weighted by molar-refractivity contribution is 6.00. The molecule has 1 heterocycles. The average molecular weight is 422 g/mol. The zero-order chi connectivity index (χ0) is 23.3. The van der Waals surface area contributed by atoms with E-state index in [1.54, 1.807) is 23.7 Å². The average Bonchev–Trinajstić information content (AvgIpc) is 2.65. The van der Waals surface area contributed by atoms with Gasteiger partial charge in [-0.05, 0) is 40.2 Å². The Balaban J connectivity index is 2.55. The highest BCUT2D eigenvalue weighted by Crippen LogP contribution is 2.39. The van der Waals surface area contributed by atoms with E-state index in [0.29, 0.717) is 22.3 Å². The van der Waals surface area contributed by atoms with Crippen molar-refractivity contribution in [1.82, 2.24) is 4.57 Å². The predicted molar refractivity (Wildman–Crippen MR) is 127 cm³/mol. The molecule has 0 atom stereocenters.